The minimum absolute atomic E-state index is 0.0919. The molecular formula is C26H33N3O. The third-order valence-electron chi connectivity index (χ3n) is 6.46. The zero-order valence-corrected chi connectivity index (χ0v) is 18.2. The van der Waals surface area contributed by atoms with Crippen LogP contribution in [0.5, 0.6) is 0 Å². The normalized spacial score (nSPS) is 19.3. The fraction of sp³-hybridized carbons (Fsp3) is 0.423. The number of nitrogens with one attached hydrogen (secondary N) is 1. The maximum Gasteiger partial charge on any atom is 0.219 e. The Hall–Kier alpha value is -2.75. The Balaban J connectivity index is 1.28. The zero-order valence-electron chi connectivity index (χ0n) is 18.2. The Morgan fingerprint density at radius 2 is 1.83 bits per heavy atom. The van der Waals surface area contributed by atoms with Gasteiger partial charge in [-0.15, -0.1) is 0 Å². The highest BCUT2D eigenvalue weighted by Crippen LogP contribution is 2.38. The highest BCUT2D eigenvalue weighted by molar-refractivity contribution is 5.75. The van der Waals surface area contributed by atoms with Crippen molar-refractivity contribution < 1.29 is 4.79 Å². The summed E-state index contributed by atoms with van der Waals surface area (Å²) in [5.74, 6) is 0.728. The molecule has 1 N–H and O–H groups in total. The lowest BCUT2D eigenvalue weighted by Crippen LogP contribution is -2.43. The van der Waals surface area contributed by atoms with Crippen LogP contribution >= 0.6 is 0 Å². The summed E-state index contributed by atoms with van der Waals surface area (Å²) in [6.07, 6.45) is 7.39. The highest BCUT2D eigenvalue weighted by atomic mass is 16.1. The number of piperidine rings is 1. The van der Waals surface area contributed by atoms with Gasteiger partial charge in [-0.3, -0.25) is 4.79 Å². The predicted octanol–water partition coefficient (Wildman–Crippen LogP) is 4.77. The number of fused-ring (bicyclic) bond motifs is 1. The van der Waals surface area contributed by atoms with Crippen molar-refractivity contribution in [1.29, 1.82) is 0 Å². The lowest BCUT2D eigenvalue weighted by molar-refractivity contribution is -0.120. The van der Waals surface area contributed by atoms with Gasteiger partial charge in [0.2, 0.25) is 5.91 Å². The van der Waals surface area contributed by atoms with Crippen LogP contribution in [0.1, 0.15) is 55.7 Å². The molecule has 1 atom stereocenters. The summed E-state index contributed by atoms with van der Waals surface area (Å²) in [6.45, 7) is 8.19. The zero-order chi connectivity index (χ0) is 20.9. The van der Waals surface area contributed by atoms with Crippen LogP contribution in [-0.4, -0.2) is 36.5 Å². The van der Waals surface area contributed by atoms with E-state index < -0.39 is 0 Å². The van der Waals surface area contributed by atoms with E-state index in [1.807, 2.05) is 6.92 Å². The summed E-state index contributed by atoms with van der Waals surface area (Å²) in [5.41, 5.74) is 5.30. The maximum atomic E-state index is 11.4. The molecule has 0 saturated carbocycles. The Labute approximate surface area is 180 Å². The third kappa shape index (κ3) is 4.69. The molecule has 2 heterocycles. The van der Waals surface area contributed by atoms with Crippen LogP contribution in [0.4, 0.5) is 5.69 Å². The molecule has 1 saturated heterocycles. The number of carbonyl (C=O) groups is 1. The molecule has 4 nitrogen and oxygen atoms in total. The van der Waals surface area contributed by atoms with Crippen LogP contribution in [0.3, 0.4) is 0 Å². The molecule has 2 aromatic carbocycles. The number of rotatable bonds is 6. The average molecular weight is 404 g/mol. The van der Waals surface area contributed by atoms with Gasteiger partial charge in [0.1, 0.15) is 0 Å². The molecule has 0 bridgehead atoms. The third-order valence-corrected chi connectivity index (χ3v) is 6.46. The molecule has 1 amide bonds. The SMILES string of the molecule is CCC(=O)NCc1ccc(C=CN2CCC(N3CC(C)c4ccccc43)CC2)cc1. The second-order valence-electron chi connectivity index (χ2n) is 8.57. The fourth-order valence-electron chi connectivity index (χ4n) is 4.61. The first-order chi connectivity index (χ1) is 14.6. The van der Waals surface area contributed by atoms with Crippen molar-refractivity contribution in [2.24, 2.45) is 0 Å². The van der Waals surface area contributed by atoms with Gasteiger partial charge >= 0.3 is 0 Å². The first-order valence-corrected chi connectivity index (χ1v) is 11.3. The molecule has 1 unspecified atom stereocenters. The van der Waals surface area contributed by atoms with Gasteiger partial charge in [-0.1, -0.05) is 56.3 Å². The molecular weight excluding hydrogens is 370 g/mol. The molecule has 158 valence electrons. The van der Waals surface area contributed by atoms with Crippen molar-refractivity contribution in [3.05, 3.63) is 71.4 Å². The summed E-state index contributed by atoms with van der Waals surface area (Å²) in [5, 5.41) is 2.92. The van der Waals surface area contributed by atoms with Gasteiger partial charge in [-0.2, -0.15) is 0 Å². The maximum absolute atomic E-state index is 11.4. The molecule has 4 heteroatoms. The number of hydrogen-bond donors (Lipinski definition) is 1. The minimum atomic E-state index is 0.0919. The van der Waals surface area contributed by atoms with E-state index in [1.165, 1.54) is 29.7 Å². The molecule has 4 rings (SSSR count). The van der Waals surface area contributed by atoms with E-state index in [1.54, 1.807) is 0 Å². The summed E-state index contributed by atoms with van der Waals surface area (Å²) in [7, 11) is 0. The van der Waals surface area contributed by atoms with E-state index in [-0.39, 0.29) is 5.91 Å². The van der Waals surface area contributed by atoms with E-state index in [0.717, 1.165) is 25.2 Å². The van der Waals surface area contributed by atoms with Crippen LogP contribution in [0.2, 0.25) is 0 Å². The van der Waals surface area contributed by atoms with Crippen molar-refractivity contribution in [3.8, 4) is 0 Å². The molecule has 0 spiro atoms. The Morgan fingerprint density at radius 1 is 1.10 bits per heavy atom. The lowest BCUT2D eigenvalue weighted by atomic mass is 10.0. The number of amides is 1. The molecule has 0 radical (unpaired) electrons. The quantitative estimate of drug-likeness (QED) is 0.755. The lowest BCUT2D eigenvalue weighted by Gasteiger charge is -2.38. The first-order valence-electron chi connectivity index (χ1n) is 11.3. The van der Waals surface area contributed by atoms with Crippen molar-refractivity contribution in [2.45, 2.75) is 51.6 Å². The van der Waals surface area contributed by atoms with Crippen molar-refractivity contribution in [3.63, 3.8) is 0 Å². The van der Waals surface area contributed by atoms with Gasteiger partial charge in [-0.25, -0.2) is 0 Å². The van der Waals surface area contributed by atoms with Crippen molar-refractivity contribution in [2.75, 3.05) is 24.5 Å². The number of anilines is 1. The van der Waals surface area contributed by atoms with Crippen LogP contribution in [-0.2, 0) is 11.3 Å². The van der Waals surface area contributed by atoms with E-state index in [9.17, 15) is 4.79 Å². The molecule has 0 aromatic heterocycles. The molecule has 1 fully saturated rings. The minimum Gasteiger partial charge on any atom is -0.377 e. The number of nitrogens with zero attached hydrogens (tertiary/aromatic N) is 2. The van der Waals surface area contributed by atoms with Crippen LogP contribution in [0.15, 0.2) is 54.7 Å². The van der Waals surface area contributed by atoms with Gasteiger partial charge in [0.05, 0.1) is 0 Å². The molecule has 2 aromatic rings. The Kier molecular flexibility index (Phi) is 6.41. The molecule has 0 aliphatic carbocycles. The second kappa shape index (κ2) is 9.38. The van der Waals surface area contributed by atoms with E-state index >= 15 is 0 Å². The van der Waals surface area contributed by atoms with Crippen LogP contribution in [0, 0.1) is 0 Å². The van der Waals surface area contributed by atoms with Crippen molar-refractivity contribution >= 4 is 17.7 Å². The fourth-order valence-corrected chi connectivity index (χ4v) is 4.61. The Bertz CT molecular complexity index is 881. The standard InChI is InChI=1S/C26H33N3O/c1-3-26(30)27-18-22-10-8-21(9-11-22)12-15-28-16-13-23(14-17-28)29-19-20(2)24-6-4-5-7-25(24)29/h4-12,15,20,23H,3,13-14,16-19H2,1-2H3,(H,27,30). The van der Waals surface area contributed by atoms with Crippen LogP contribution < -0.4 is 10.2 Å². The second-order valence-corrected chi connectivity index (χ2v) is 8.57. The number of hydrogen-bond acceptors (Lipinski definition) is 3. The van der Waals surface area contributed by atoms with E-state index in [4.69, 9.17) is 0 Å². The van der Waals surface area contributed by atoms with Gasteiger partial charge < -0.3 is 15.1 Å². The molecule has 2 aliphatic heterocycles. The molecule has 30 heavy (non-hydrogen) atoms. The van der Waals surface area contributed by atoms with Gasteiger partial charge in [0, 0.05) is 50.2 Å². The first kappa shape index (κ1) is 20.5. The van der Waals surface area contributed by atoms with Crippen LogP contribution in [0.25, 0.3) is 6.08 Å². The predicted molar refractivity (Wildman–Crippen MR) is 124 cm³/mol. The Morgan fingerprint density at radius 3 is 2.57 bits per heavy atom. The van der Waals surface area contributed by atoms with Gasteiger partial charge in [-0.05, 0) is 47.9 Å². The van der Waals surface area contributed by atoms with Gasteiger partial charge in [0.25, 0.3) is 0 Å². The van der Waals surface area contributed by atoms with E-state index in [0.29, 0.717) is 24.9 Å². The van der Waals surface area contributed by atoms with Crippen molar-refractivity contribution in [1.82, 2.24) is 10.2 Å². The summed E-state index contributed by atoms with van der Waals surface area (Å²) < 4.78 is 0. The number of benzene rings is 2. The smallest absolute Gasteiger partial charge is 0.219 e. The highest BCUT2D eigenvalue weighted by Gasteiger charge is 2.31. The topological polar surface area (TPSA) is 35.6 Å². The number of likely N-dealkylation sites (tertiary alicyclic amines) is 1. The summed E-state index contributed by atoms with van der Waals surface area (Å²) in [4.78, 5) is 16.5. The molecule has 2 aliphatic rings. The largest absolute Gasteiger partial charge is 0.377 e. The summed E-state index contributed by atoms with van der Waals surface area (Å²) >= 11 is 0. The van der Waals surface area contributed by atoms with Gasteiger partial charge in [0.15, 0.2) is 0 Å². The van der Waals surface area contributed by atoms with E-state index in [2.05, 4.69) is 82.8 Å². The summed E-state index contributed by atoms with van der Waals surface area (Å²) in [6, 6.07) is 18.0. The average Bonchev–Trinajstić information content (AvgIpc) is 3.14. The monoisotopic (exact) mass is 403 g/mol. The number of carbonyl (C=O) groups excluding carboxylic acids is 1. The number of para-hydroxylation sites is 1.